The van der Waals surface area contributed by atoms with Crippen LogP contribution in [0.5, 0.6) is 0 Å². The molecule has 2 aromatic heterocycles. The van der Waals surface area contributed by atoms with Gasteiger partial charge in [0.05, 0.1) is 0 Å². The lowest BCUT2D eigenvalue weighted by Gasteiger charge is -2.00. The van der Waals surface area contributed by atoms with Crippen LogP contribution >= 0.6 is 0 Å². The summed E-state index contributed by atoms with van der Waals surface area (Å²) in [6.45, 7) is 0. The molecule has 3 heteroatoms. The van der Waals surface area contributed by atoms with Gasteiger partial charge in [-0.25, -0.2) is 0 Å². The number of nitrogens with zero attached hydrogens (tertiary/aromatic N) is 1. The molecule has 0 aliphatic rings. The van der Waals surface area contributed by atoms with Crippen molar-refractivity contribution < 1.29 is 4.42 Å². The smallest absolute Gasteiger partial charge is 0.143 e. The van der Waals surface area contributed by atoms with Crippen LogP contribution in [0.3, 0.4) is 0 Å². The topological polar surface area (TPSA) is 26.0 Å². The third kappa shape index (κ3) is 1.22. The van der Waals surface area contributed by atoms with Crippen LogP contribution in [0.15, 0.2) is 53.2 Å². The first kappa shape index (κ1) is 9.72. The van der Waals surface area contributed by atoms with Gasteiger partial charge in [0.15, 0.2) is 0 Å². The summed E-state index contributed by atoms with van der Waals surface area (Å²) in [6.07, 6.45) is 3.62. The van der Waals surface area contributed by atoms with Gasteiger partial charge in [-0.3, -0.25) is 4.98 Å². The van der Waals surface area contributed by atoms with Crippen molar-refractivity contribution in [1.29, 1.82) is 0 Å². The highest BCUT2D eigenvalue weighted by Gasteiger charge is 2.09. The Morgan fingerprint density at radius 3 is 2.78 bits per heavy atom. The van der Waals surface area contributed by atoms with E-state index >= 15 is 0 Å². The predicted molar refractivity (Wildman–Crippen MR) is 77.2 cm³/mol. The minimum absolute atomic E-state index is 0.896. The molecule has 84 valence electrons. The van der Waals surface area contributed by atoms with Gasteiger partial charge in [0, 0.05) is 28.6 Å². The number of furan rings is 1. The summed E-state index contributed by atoms with van der Waals surface area (Å²) < 4.78 is 5.97. The van der Waals surface area contributed by atoms with E-state index in [-0.39, 0.29) is 0 Å². The Labute approximate surface area is 105 Å². The van der Waals surface area contributed by atoms with Crippen molar-refractivity contribution in [3.05, 3.63) is 48.8 Å². The second-order valence-electron chi connectivity index (χ2n) is 4.64. The third-order valence-corrected chi connectivity index (χ3v) is 3.41. The van der Waals surface area contributed by atoms with Gasteiger partial charge in [-0.1, -0.05) is 29.7 Å². The first-order valence-electron chi connectivity index (χ1n) is 5.98. The quantitative estimate of drug-likeness (QED) is 0.434. The molecule has 0 aliphatic heterocycles. The lowest BCUT2D eigenvalue weighted by molar-refractivity contribution is 0.672. The van der Waals surface area contributed by atoms with Crippen molar-refractivity contribution in [3.8, 4) is 0 Å². The molecule has 4 rings (SSSR count). The molecule has 0 N–H and O–H groups in total. The van der Waals surface area contributed by atoms with Crippen LogP contribution in [0.4, 0.5) is 0 Å². The Hall–Kier alpha value is -2.29. The van der Waals surface area contributed by atoms with Crippen molar-refractivity contribution in [3.63, 3.8) is 0 Å². The maximum Gasteiger partial charge on any atom is 0.143 e. The van der Waals surface area contributed by atoms with Crippen LogP contribution in [0, 0.1) is 0 Å². The monoisotopic (exact) mass is 231 g/mol. The second kappa shape index (κ2) is 3.36. The Morgan fingerprint density at radius 2 is 1.83 bits per heavy atom. The average Bonchev–Trinajstić information content (AvgIpc) is 2.77. The molecule has 0 radical (unpaired) electrons. The SMILES string of the molecule is Bc1ccc2c(ccc3c4cnccc4oc23)c1. The zero-order valence-electron chi connectivity index (χ0n) is 9.97. The van der Waals surface area contributed by atoms with E-state index in [0.29, 0.717) is 0 Å². The molecule has 0 saturated carbocycles. The molecule has 0 amide bonds. The minimum atomic E-state index is 0.896. The number of fused-ring (bicyclic) bond motifs is 5. The normalized spacial score (nSPS) is 11.6. The summed E-state index contributed by atoms with van der Waals surface area (Å²) in [6, 6.07) is 12.6. The number of aromatic nitrogens is 1. The fourth-order valence-electron chi connectivity index (χ4n) is 2.53. The molecule has 0 bridgehead atoms. The first-order valence-corrected chi connectivity index (χ1v) is 5.98. The number of benzene rings is 2. The predicted octanol–water partition coefficient (Wildman–Crippen LogP) is 2.39. The van der Waals surface area contributed by atoms with Crippen LogP contribution in [0.1, 0.15) is 0 Å². The molecule has 0 fully saturated rings. The van der Waals surface area contributed by atoms with Gasteiger partial charge in [-0.15, -0.1) is 0 Å². The maximum atomic E-state index is 5.97. The molecule has 18 heavy (non-hydrogen) atoms. The average molecular weight is 231 g/mol. The summed E-state index contributed by atoms with van der Waals surface area (Å²) >= 11 is 0. The lowest BCUT2D eigenvalue weighted by atomic mass is 9.93. The Morgan fingerprint density at radius 1 is 0.944 bits per heavy atom. The highest BCUT2D eigenvalue weighted by atomic mass is 16.3. The van der Waals surface area contributed by atoms with E-state index in [9.17, 15) is 0 Å². The van der Waals surface area contributed by atoms with E-state index in [1.807, 2.05) is 12.3 Å². The fraction of sp³-hybridized carbons (Fsp3) is 0. The maximum absolute atomic E-state index is 5.97. The van der Waals surface area contributed by atoms with E-state index in [2.05, 4.69) is 43.2 Å². The van der Waals surface area contributed by atoms with Crippen molar-refractivity contribution in [2.75, 3.05) is 0 Å². The zero-order valence-corrected chi connectivity index (χ0v) is 9.97. The van der Waals surface area contributed by atoms with Crippen LogP contribution < -0.4 is 5.46 Å². The van der Waals surface area contributed by atoms with Gasteiger partial charge in [0.1, 0.15) is 19.0 Å². The number of hydrogen-bond acceptors (Lipinski definition) is 2. The van der Waals surface area contributed by atoms with Gasteiger partial charge in [-0.05, 0) is 17.5 Å². The minimum Gasteiger partial charge on any atom is -0.455 e. The molecular weight excluding hydrogens is 221 g/mol. The molecule has 2 aromatic carbocycles. The molecule has 4 aromatic rings. The number of hydrogen-bond donors (Lipinski definition) is 0. The molecular formula is C15H10BNO. The summed E-state index contributed by atoms with van der Waals surface area (Å²) in [5.41, 5.74) is 3.11. The second-order valence-corrected chi connectivity index (χ2v) is 4.64. The van der Waals surface area contributed by atoms with Gasteiger partial charge >= 0.3 is 0 Å². The molecule has 0 saturated heterocycles. The van der Waals surface area contributed by atoms with Crippen molar-refractivity contribution in [2.45, 2.75) is 0 Å². The van der Waals surface area contributed by atoms with Crippen LogP contribution in [-0.2, 0) is 0 Å². The summed E-state index contributed by atoms with van der Waals surface area (Å²) in [7, 11) is 2.10. The van der Waals surface area contributed by atoms with Crippen molar-refractivity contribution in [2.24, 2.45) is 0 Å². The molecule has 0 unspecified atom stereocenters. The standard InChI is InChI=1S/C15H10BNO/c16-10-2-4-11-9(7-10)1-3-12-13-8-17-6-5-14(13)18-15(11)12/h1-8H,16H2. The van der Waals surface area contributed by atoms with Gasteiger partial charge < -0.3 is 4.42 Å². The van der Waals surface area contributed by atoms with Crippen LogP contribution in [0.2, 0.25) is 0 Å². The van der Waals surface area contributed by atoms with Crippen LogP contribution in [0.25, 0.3) is 32.7 Å². The molecule has 0 atom stereocenters. The van der Waals surface area contributed by atoms with Crippen LogP contribution in [-0.4, -0.2) is 12.8 Å². The van der Waals surface area contributed by atoms with E-state index in [1.165, 1.54) is 10.8 Å². The van der Waals surface area contributed by atoms with Crippen molar-refractivity contribution >= 4 is 46.0 Å². The highest BCUT2D eigenvalue weighted by Crippen LogP contribution is 2.32. The summed E-state index contributed by atoms with van der Waals surface area (Å²) in [4.78, 5) is 4.17. The van der Waals surface area contributed by atoms with Gasteiger partial charge in [0.25, 0.3) is 0 Å². The summed E-state index contributed by atoms with van der Waals surface area (Å²) in [5.74, 6) is 0. The Balaban J connectivity index is 2.28. The fourth-order valence-corrected chi connectivity index (χ4v) is 2.53. The molecule has 2 nitrogen and oxygen atoms in total. The molecule has 2 heterocycles. The van der Waals surface area contributed by atoms with E-state index < -0.39 is 0 Å². The van der Waals surface area contributed by atoms with Crippen molar-refractivity contribution in [1.82, 2.24) is 4.98 Å². The van der Waals surface area contributed by atoms with E-state index in [4.69, 9.17) is 4.42 Å². The summed E-state index contributed by atoms with van der Waals surface area (Å²) in [5, 5.41) is 4.59. The lowest BCUT2D eigenvalue weighted by Crippen LogP contribution is -1.99. The number of rotatable bonds is 0. The number of pyridine rings is 1. The van der Waals surface area contributed by atoms with Gasteiger partial charge in [0.2, 0.25) is 0 Å². The highest BCUT2D eigenvalue weighted by molar-refractivity contribution is 6.33. The molecule has 0 spiro atoms. The largest absolute Gasteiger partial charge is 0.455 e. The molecule has 0 aliphatic carbocycles. The zero-order chi connectivity index (χ0) is 12.1. The van der Waals surface area contributed by atoms with E-state index in [0.717, 1.165) is 27.3 Å². The first-order chi connectivity index (χ1) is 8.83. The third-order valence-electron chi connectivity index (χ3n) is 3.41. The Kier molecular flexibility index (Phi) is 1.81. The van der Waals surface area contributed by atoms with Gasteiger partial charge in [-0.2, -0.15) is 0 Å². The Bertz CT molecular complexity index is 895. The van der Waals surface area contributed by atoms with E-state index in [1.54, 1.807) is 6.20 Å².